The Kier molecular flexibility index (Phi) is 5.92. The van der Waals surface area contributed by atoms with Gasteiger partial charge >= 0.3 is 6.18 Å². The predicted octanol–water partition coefficient (Wildman–Crippen LogP) is 2.07. The highest BCUT2D eigenvalue weighted by Gasteiger charge is 2.28. The van der Waals surface area contributed by atoms with Gasteiger partial charge in [0.25, 0.3) is 11.5 Å². The van der Waals surface area contributed by atoms with Gasteiger partial charge in [0.2, 0.25) is 0 Å². The highest BCUT2D eigenvalue weighted by atomic mass is 19.4. The number of rotatable bonds is 6. The molecule has 0 unspecified atom stereocenters. The summed E-state index contributed by atoms with van der Waals surface area (Å²) in [6, 6.07) is 2.44. The van der Waals surface area contributed by atoms with Gasteiger partial charge in [-0.05, 0) is 12.5 Å². The Morgan fingerprint density at radius 1 is 1.38 bits per heavy atom. The molecule has 1 aromatic heterocycles. The van der Waals surface area contributed by atoms with Crippen LogP contribution in [0.5, 0.6) is 0 Å². The molecule has 0 saturated heterocycles. The highest BCUT2D eigenvalue weighted by Crippen LogP contribution is 2.19. The molecule has 0 bridgehead atoms. The Balaban J connectivity index is 2.80. The van der Waals surface area contributed by atoms with Gasteiger partial charge in [0.05, 0.1) is 6.42 Å². The largest absolute Gasteiger partial charge is 0.390 e. The summed E-state index contributed by atoms with van der Waals surface area (Å²) < 4.78 is 37.6. The van der Waals surface area contributed by atoms with Gasteiger partial charge in [0.1, 0.15) is 5.69 Å². The molecule has 118 valence electrons. The number of aryl methyl sites for hydroxylation is 1. The molecule has 1 amide bonds. The average molecular weight is 305 g/mol. The number of nitrogens with zero attached hydrogens (tertiary/aromatic N) is 3. The molecule has 0 fully saturated rings. The quantitative estimate of drug-likeness (QED) is 0.808. The lowest BCUT2D eigenvalue weighted by atomic mass is 10.3. The van der Waals surface area contributed by atoms with E-state index in [1.807, 2.05) is 6.92 Å². The van der Waals surface area contributed by atoms with Crippen molar-refractivity contribution in [3.8, 4) is 0 Å². The molecular formula is C13H18F3N3O2. The molecule has 0 aromatic carbocycles. The van der Waals surface area contributed by atoms with E-state index >= 15 is 0 Å². The first-order valence-electron chi connectivity index (χ1n) is 6.65. The third-order valence-electron chi connectivity index (χ3n) is 2.89. The van der Waals surface area contributed by atoms with E-state index in [1.54, 1.807) is 0 Å². The fourth-order valence-corrected chi connectivity index (χ4v) is 1.62. The van der Waals surface area contributed by atoms with Crippen LogP contribution < -0.4 is 5.56 Å². The van der Waals surface area contributed by atoms with Crippen LogP contribution in [0.25, 0.3) is 0 Å². The number of carbonyl (C=O) groups excluding carboxylic acids is 1. The van der Waals surface area contributed by atoms with Gasteiger partial charge in [-0.3, -0.25) is 9.59 Å². The second-order valence-corrected chi connectivity index (χ2v) is 4.73. The number of hydrogen-bond acceptors (Lipinski definition) is 3. The summed E-state index contributed by atoms with van der Waals surface area (Å²) in [5.74, 6) is -0.635. The zero-order valence-electron chi connectivity index (χ0n) is 12.0. The van der Waals surface area contributed by atoms with Crippen molar-refractivity contribution in [2.45, 2.75) is 38.9 Å². The van der Waals surface area contributed by atoms with Crippen LogP contribution in [-0.4, -0.2) is 40.4 Å². The highest BCUT2D eigenvalue weighted by molar-refractivity contribution is 5.91. The van der Waals surface area contributed by atoms with E-state index < -0.39 is 25.0 Å². The van der Waals surface area contributed by atoms with Crippen molar-refractivity contribution in [2.24, 2.45) is 0 Å². The normalized spacial score (nSPS) is 11.5. The molecule has 1 rings (SSSR count). The second kappa shape index (κ2) is 7.24. The lowest BCUT2D eigenvalue weighted by Gasteiger charge is -2.18. The minimum atomic E-state index is -4.32. The third kappa shape index (κ3) is 5.57. The Bertz CT molecular complexity index is 540. The molecule has 5 nitrogen and oxygen atoms in total. The van der Waals surface area contributed by atoms with Crippen molar-refractivity contribution in [3.05, 3.63) is 28.2 Å². The van der Waals surface area contributed by atoms with Gasteiger partial charge in [-0.2, -0.15) is 18.3 Å². The molecule has 21 heavy (non-hydrogen) atoms. The van der Waals surface area contributed by atoms with Crippen LogP contribution in [0.2, 0.25) is 0 Å². The number of amides is 1. The standard InChI is InChI=1S/C13H18F3N3O2/c1-3-4-8-19-11(20)6-5-10(17-19)12(21)18(2)9-7-13(14,15)16/h5-6H,3-4,7-9H2,1-2H3. The molecule has 0 atom stereocenters. The maximum absolute atomic E-state index is 12.1. The van der Waals surface area contributed by atoms with Crippen molar-refractivity contribution >= 4 is 5.91 Å². The lowest BCUT2D eigenvalue weighted by Crippen LogP contribution is -2.33. The van der Waals surface area contributed by atoms with Gasteiger partial charge in [0.15, 0.2) is 0 Å². The van der Waals surface area contributed by atoms with Crippen molar-refractivity contribution < 1.29 is 18.0 Å². The first-order chi connectivity index (χ1) is 9.74. The molecule has 0 aliphatic rings. The van der Waals surface area contributed by atoms with E-state index in [2.05, 4.69) is 5.10 Å². The molecule has 0 aliphatic heterocycles. The molecule has 8 heteroatoms. The zero-order valence-corrected chi connectivity index (χ0v) is 12.0. The van der Waals surface area contributed by atoms with Crippen LogP contribution in [-0.2, 0) is 6.54 Å². The van der Waals surface area contributed by atoms with Crippen LogP contribution in [0.1, 0.15) is 36.7 Å². The van der Waals surface area contributed by atoms with Gasteiger partial charge < -0.3 is 4.90 Å². The maximum Gasteiger partial charge on any atom is 0.390 e. The van der Waals surface area contributed by atoms with E-state index in [0.717, 1.165) is 22.4 Å². The molecule has 0 spiro atoms. The summed E-state index contributed by atoms with van der Waals surface area (Å²) >= 11 is 0. The molecule has 0 radical (unpaired) electrons. The van der Waals surface area contributed by atoms with Gasteiger partial charge in [0, 0.05) is 26.2 Å². The second-order valence-electron chi connectivity index (χ2n) is 4.73. The first-order valence-corrected chi connectivity index (χ1v) is 6.65. The minimum Gasteiger partial charge on any atom is -0.340 e. The van der Waals surface area contributed by atoms with Crippen LogP contribution in [0.15, 0.2) is 16.9 Å². The Hall–Kier alpha value is -1.86. The summed E-state index contributed by atoms with van der Waals surface area (Å²) in [5.41, 5.74) is -0.367. The average Bonchev–Trinajstić information content (AvgIpc) is 2.42. The topological polar surface area (TPSA) is 55.2 Å². The fourth-order valence-electron chi connectivity index (χ4n) is 1.62. The van der Waals surface area contributed by atoms with E-state index in [9.17, 15) is 22.8 Å². The van der Waals surface area contributed by atoms with Crippen molar-refractivity contribution in [2.75, 3.05) is 13.6 Å². The number of aromatic nitrogens is 2. The monoisotopic (exact) mass is 305 g/mol. The SMILES string of the molecule is CCCCn1nc(C(=O)N(C)CCC(F)(F)F)ccc1=O. The van der Waals surface area contributed by atoms with Gasteiger partial charge in [-0.1, -0.05) is 13.3 Å². The molecule has 0 saturated carbocycles. The van der Waals surface area contributed by atoms with Crippen LogP contribution in [0.3, 0.4) is 0 Å². The Morgan fingerprint density at radius 3 is 2.62 bits per heavy atom. The minimum absolute atomic E-state index is 0.0321. The summed E-state index contributed by atoms with van der Waals surface area (Å²) in [4.78, 5) is 24.5. The Labute approximate surface area is 120 Å². The number of halogens is 3. The zero-order chi connectivity index (χ0) is 16.0. The van der Waals surface area contributed by atoms with E-state index in [4.69, 9.17) is 0 Å². The summed E-state index contributed by atoms with van der Waals surface area (Å²) in [6.07, 6.45) is -3.81. The number of unbranched alkanes of at least 4 members (excludes halogenated alkanes) is 1. The van der Waals surface area contributed by atoms with Gasteiger partial charge in [-0.15, -0.1) is 0 Å². The van der Waals surface area contributed by atoms with Crippen molar-refractivity contribution in [3.63, 3.8) is 0 Å². The number of hydrogen-bond donors (Lipinski definition) is 0. The smallest absolute Gasteiger partial charge is 0.340 e. The van der Waals surface area contributed by atoms with E-state index in [-0.39, 0.29) is 11.3 Å². The summed E-state index contributed by atoms with van der Waals surface area (Å²) in [6.45, 7) is 1.88. The fraction of sp³-hybridized carbons (Fsp3) is 0.615. The van der Waals surface area contributed by atoms with E-state index in [0.29, 0.717) is 6.54 Å². The summed E-state index contributed by atoms with van der Waals surface area (Å²) in [7, 11) is 1.28. The van der Waals surface area contributed by atoms with E-state index in [1.165, 1.54) is 19.2 Å². The third-order valence-corrected chi connectivity index (χ3v) is 2.89. The lowest BCUT2D eigenvalue weighted by molar-refractivity contribution is -0.136. The number of carbonyl (C=O) groups is 1. The molecular weight excluding hydrogens is 287 g/mol. The van der Waals surface area contributed by atoms with Gasteiger partial charge in [-0.25, -0.2) is 4.68 Å². The first kappa shape index (κ1) is 17.2. The van der Waals surface area contributed by atoms with Crippen LogP contribution >= 0.6 is 0 Å². The maximum atomic E-state index is 12.1. The van der Waals surface area contributed by atoms with Crippen LogP contribution in [0, 0.1) is 0 Å². The number of alkyl halides is 3. The molecule has 0 N–H and O–H groups in total. The molecule has 1 aromatic rings. The predicted molar refractivity (Wildman–Crippen MR) is 71.0 cm³/mol. The molecule has 0 aliphatic carbocycles. The summed E-state index contributed by atoms with van der Waals surface area (Å²) in [5, 5.41) is 3.91. The van der Waals surface area contributed by atoms with Crippen molar-refractivity contribution in [1.82, 2.24) is 14.7 Å². The van der Waals surface area contributed by atoms with Crippen molar-refractivity contribution in [1.29, 1.82) is 0 Å². The Morgan fingerprint density at radius 2 is 2.05 bits per heavy atom. The molecule has 1 heterocycles. The van der Waals surface area contributed by atoms with Crippen LogP contribution in [0.4, 0.5) is 13.2 Å².